The summed E-state index contributed by atoms with van der Waals surface area (Å²) in [4.78, 5) is 0. The monoisotopic (exact) mass is 256 g/mol. The minimum atomic E-state index is -4.41. The van der Waals surface area contributed by atoms with Crippen LogP contribution in [0.4, 0.5) is 13.2 Å². The molecule has 0 atom stereocenters. The van der Waals surface area contributed by atoms with Gasteiger partial charge in [-0.1, -0.05) is 48.0 Å². The number of hydrogen-bond donors (Lipinski definition) is 0. The summed E-state index contributed by atoms with van der Waals surface area (Å²) in [6, 6.07) is 12.9. The van der Waals surface area contributed by atoms with Crippen LogP contribution in [-0.2, 0) is 6.18 Å². The zero-order chi connectivity index (χ0) is 12.5. The van der Waals surface area contributed by atoms with E-state index in [-0.39, 0.29) is 5.02 Å². The summed E-state index contributed by atoms with van der Waals surface area (Å²) in [6.07, 6.45) is -4.41. The average molecular weight is 257 g/mol. The summed E-state index contributed by atoms with van der Waals surface area (Å²) in [6.45, 7) is 0. The van der Waals surface area contributed by atoms with Crippen molar-refractivity contribution in [2.24, 2.45) is 0 Å². The topological polar surface area (TPSA) is 0 Å². The van der Waals surface area contributed by atoms with Gasteiger partial charge in [0.05, 0.1) is 10.6 Å². The molecule has 0 bridgehead atoms. The second-order valence-electron chi connectivity index (χ2n) is 3.56. The molecule has 0 saturated heterocycles. The molecule has 0 aliphatic heterocycles. The lowest BCUT2D eigenvalue weighted by molar-refractivity contribution is -0.137. The van der Waals surface area contributed by atoms with E-state index in [2.05, 4.69) is 0 Å². The van der Waals surface area contributed by atoms with E-state index in [1.54, 1.807) is 0 Å². The maximum Gasteiger partial charge on any atom is 0.417 e. The van der Waals surface area contributed by atoms with Crippen molar-refractivity contribution in [2.45, 2.75) is 6.18 Å². The minimum absolute atomic E-state index is 0.279. The number of benzene rings is 2. The Morgan fingerprint density at radius 1 is 0.824 bits per heavy atom. The minimum Gasteiger partial charge on any atom is -0.166 e. The van der Waals surface area contributed by atoms with Crippen LogP contribution in [-0.4, -0.2) is 0 Å². The average Bonchev–Trinajstić information content (AvgIpc) is 2.28. The van der Waals surface area contributed by atoms with Gasteiger partial charge in [0.2, 0.25) is 0 Å². The van der Waals surface area contributed by atoms with Crippen LogP contribution in [0.2, 0.25) is 5.02 Å². The van der Waals surface area contributed by atoms with Gasteiger partial charge >= 0.3 is 6.18 Å². The van der Waals surface area contributed by atoms with Crippen molar-refractivity contribution in [3.05, 3.63) is 59.1 Å². The molecule has 0 saturated carbocycles. The molecular formula is C13H8ClF3. The van der Waals surface area contributed by atoms with Crippen LogP contribution in [0.5, 0.6) is 0 Å². The molecule has 0 nitrogen and oxygen atoms in total. The predicted molar refractivity (Wildman–Crippen MR) is 61.9 cm³/mol. The number of alkyl halides is 3. The maximum absolute atomic E-state index is 12.5. The molecule has 88 valence electrons. The van der Waals surface area contributed by atoms with Crippen molar-refractivity contribution < 1.29 is 13.2 Å². The number of halogens is 4. The smallest absolute Gasteiger partial charge is 0.166 e. The Balaban J connectivity index is 2.45. The second-order valence-corrected chi connectivity index (χ2v) is 3.97. The molecule has 0 radical (unpaired) electrons. The Hall–Kier alpha value is -1.48. The first kappa shape index (κ1) is 12.0. The lowest BCUT2D eigenvalue weighted by Gasteiger charge is -2.10. The number of hydrogen-bond acceptors (Lipinski definition) is 0. The quantitative estimate of drug-likeness (QED) is 0.672. The van der Waals surface area contributed by atoms with Crippen LogP contribution in [0.25, 0.3) is 11.1 Å². The van der Waals surface area contributed by atoms with E-state index < -0.39 is 11.7 Å². The van der Waals surface area contributed by atoms with Gasteiger partial charge in [-0.15, -0.1) is 0 Å². The van der Waals surface area contributed by atoms with E-state index in [0.29, 0.717) is 5.56 Å². The van der Waals surface area contributed by atoms with Gasteiger partial charge in [0, 0.05) is 0 Å². The highest BCUT2D eigenvalue weighted by molar-refractivity contribution is 6.31. The highest BCUT2D eigenvalue weighted by Gasteiger charge is 2.32. The molecule has 0 amide bonds. The molecule has 0 fully saturated rings. The normalized spacial score (nSPS) is 11.5. The van der Waals surface area contributed by atoms with Crippen molar-refractivity contribution in [2.75, 3.05) is 0 Å². The Labute approximate surface area is 102 Å². The molecule has 2 aromatic rings. The van der Waals surface area contributed by atoms with Gasteiger partial charge in [0.25, 0.3) is 0 Å². The van der Waals surface area contributed by atoms with Gasteiger partial charge in [-0.05, 0) is 23.3 Å². The maximum atomic E-state index is 12.5. The van der Waals surface area contributed by atoms with E-state index >= 15 is 0 Å². The molecule has 17 heavy (non-hydrogen) atoms. The molecule has 0 unspecified atom stereocenters. The summed E-state index contributed by atoms with van der Waals surface area (Å²) in [7, 11) is 0. The van der Waals surface area contributed by atoms with Crippen LogP contribution in [0, 0.1) is 0 Å². The molecule has 2 aromatic carbocycles. The van der Waals surface area contributed by atoms with Crippen LogP contribution in [0.15, 0.2) is 48.5 Å². The molecule has 0 aliphatic rings. The lowest BCUT2D eigenvalue weighted by atomic mass is 10.0. The Bertz CT molecular complexity index is 518. The third kappa shape index (κ3) is 2.61. The van der Waals surface area contributed by atoms with E-state index in [1.807, 2.05) is 30.3 Å². The summed E-state index contributed by atoms with van der Waals surface area (Å²) in [5.74, 6) is 0. The third-order valence-corrected chi connectivity index (χ3v) is 2.69. The second kappa shape index (κ2) is 4.41. The Morgan fingerprint density at radius 2 is 1.47 bits per heavy atom. The van der Waals surface area contributed by atoms with Gasteiger partial charge in [-0.2, -0.15) is 13.2 Å². The lowest BCUT2D eigenvalue weighted by Crippen LogP contribution is -2.05. The fourth-order valence-electron chi connectivity index (χ4n) is 1.56. The molecule has 0 spiro atoms. The first-order valence-corrected chi connectivity index (χ1v) is 5.28. The fourth-order valence-corrected chi connectivity index (χ4v) is 1.84. The van der Waals surface area contributed by atoms with Crippen molar-refractivity contribution >= 4 is 11.6 Å². The first-order chi connectivity index (χ1) is 7.98. The molecular weight excluding hydrogens is 249 g/mol. The summed E-state index contributed by atoms with van der Waals surface area (Å²) in [5, 5.41) is -0.279. The predicted octanol–water partition coefficient (Wildman–Crippen LogP) is 5.03. The first-order valence-electron chi connectivity index (χ1n) is 4.90. The summed E-state index contributed by atoms with van der Waals surface area (Å²) < 4.78 is 37.5. The largest absolute Gasteiger partial charge is 0.417 e. The molecule has 0 aliphatic carbocycles. The van der Waals surface area contributed by atoms with Gasteiger partial charge in [-0.3, -0.25) is 0 Å². The van der Waals surface area contributed by atoms with E-state index in [0.717, 1.165) is 11.6 Å². The standard InChI is InChI=1S/C13H8ClF3/c14-12-8-10(9-4-2-1-3-5-9)6-7-11(12)13(15,16)17/h1-8H. The SMILES string of the molecule is FC(F)(F)c1ccc(-c2ccccc2)cc1Cl. The van der Waals surface area contributed by atoms with Crippen LogP contribution < -0.4 is 0 Å². The van der Waals surface area contributed by atoms with E-state index in [1.165, 1.54) is 12.1 Å². The summed E-state index contributed by atoms with van der Waals surface area (Å²) >= 11 is 5.64. The van der Waals surface area contributed by atoms with Gasteiger partial charge in [-0.25, -0.2) is 0 Å². The fraction of sp³-hybridized carbons (Fsp3) is 0.0769. The Morgan fingerprint density at radius 3 is 2.00 bits per heavy atom. The van der Waals surface area contributed by atoms with Crippen LogP contribution in [0.3, 0.4) is 0 Å². The van der Waals surface area contributed by atoms with Crippen LogP contribution in [0.1, 0.15) is 5.56 Å². The molecule has 2 rings (SSSR count). The van der Waals surface area contributed by atoms with Crippen molar-refractivity contribution in [3.8, 4) is 11.1 Å². The van der Waals surface area contributed by atoms with Gasteiger partial charge < -0.3 is 0 Å². The third-order valence-electron chi connectivity index (χ3n) is 2.38. The van der Waals surface area contributed by atoms with Crippen molar-refractivity contribution in [1.82, 2.24) is 0 Å². The summed E-state index contributed by atoms with van der Waals surface area (Å²) in [5.41, 5.74) is 0.700. The molecule has 0 heterocycles. The van der Waals surface area contributed by atoms with Gasteiger partial charge in [0.15, 0.2) is 0 Å². The molecule has 4 heteroatoms. The highest BCUT2D eigenvalue weighted by atomic mass is 35.5. The zero-order valence-corrected chi connectivity index (χ0v) is 9.39. The van der Waals surface area contributed by atoms with E-state index in [9.17, 15) is 13.2 Å². The van der Waals surface area contributed by atoms with Crippen LogP contribution >= 0.6 is 11.6 Å². The van der Waals surface area contributed by atoms with Crippen molar-refractivity contribution in [1.29, 1.82) is 0 Å². The highest BCUT2D eigenvalue weighted by Crippen LogP contribution is 2.36. The van der Waals surface area contributed by atoms with Gasteiger partial charge in [0.1, 0.15) is 0 Å². The molecule has 0 aromatic heterocycles. The zero-order valence-electron chi connectivity index (χ0n) is 8.63. The van der Waals surface area contributed by atoms with E-state index in [4.69, 9.17) is 11.6 Å². The van der Waals surface area contributed by atoms with Crippen molar-refractivity contribution in [3.63, 3.8) is 0 Å². The Kier molecular flexibility index (Phi) is 3.11. The number of rotatable bonds is 1. The molecule has 0 N–H and O–H groups in total.